The third-order valence-corrected chi connectivity index (χ3v) is 3.62. The minimum absolute atomic E-state index is 0.00568. The van der Waals surface area contributed by atoms with E-state index in [1.807, 2.05) is 18.4 Å². The number of hydrogen-bond donors (Lipinski definition) is 0. The van der Waals surface area contributed by atoms with Gasteiger partial charge in [0.2, 0.25) is 0 Å². The number of thiophene rings is 1. The first-order chi connectivity index (χ1) is 8.75. The van der Waals surface area contributed by atoms with E-state index in [2.05, 4.69) is 15.1 Å². The van der Waals surface area contributed by atoms with Crippen molar-refractivity contribution in [2.45, 2.75) is 19.5 Å². The van der Waals surface area contributed by atoms with Crippen molar-refractivity contribution in [3.63, 3.8) is 0 Å². The van der Waals surface area contributed by atoms with Crippen molar-refractivity contribution >= 4 is 21.6 Å². The molecule has 3 aromatic rings. The van der Waals surface area contributed by atoms with Crippen molar-refractivity contribution in [3.8, 4) is 0 Å². The Morgan fingerprint density at radius 3 is 3.11 bits per heavy atom. The number of aromatic nitrogens is 5. The molecule has 3 aromatic heterocycles. The van der Waals surface area contributed by atoms with Crippen molar-refractivity contribution in [3.05, 3.63) is 40.8 Å². The Hall–Kier alpha value is -2.02. The summed E-state index contributed by atoms with van der Waals surface area (Å²) >= 11 is 1.48. The van der Waals surface area contributed by atoms with Crippen LogP contribution in [0.2, 0.25) is 0 Å². The Morgan fingerprint density at radius 1 is 1.44 bits per heavy atom. The van der Waals surface area contributed by atoms with Gasteiger partial charge in [0.15, 0.2) is 0 Å². The molecule has 0 spiro atoms. The van der Waals surface area contributed by atoms with Crippen LogP contribution in [-0.2, 0) is 6.54 Å². The average Bonchev–Trinajstić information content (AvgIpc) is 2.99. The van der Waals surface area contributed by atoms with Crippen LogP contribution in [0.3, 0.4) is 0 Å². The zero-order valence-corrected chi connectivity index (χ0v) is 10.5. The van der Waals surface area contributed by atoms with Crippen molar-refractivity contribution < 1.29 is 0 Å². The second kappa shape index (κ2) is 4.34. The summed E-state index contributed by atoms with van der Waals surface area (Å²) < 4.78 is 3.34. The third-order valence-electron chi connectivity index (χ3n) is 2.80. The van der Waals surface area contributed by atoms with Gasteiger partial charge in [0.25, 0.3) is 5.56 Å². The van der Waals surface area contributed by atoms with Gasteiger partial charge in [-0.1, -0.05) is 0 Å². The third kappa shape index (κ3) is 1.82. The lowest BCUT2D eigenvalue weighted by atomic mass is 10.3. The van der Waals surface area contributed by atoms with Gasteiger partial charge in [-0.25, -0.2) is 9.97 Å². The van der Waals surface area contributed by atoms with Crippen LogP contribution in [0.4, 0.5) is 0 Å². The molecule has 0 fully saturated rings. The van der Waals surface area contributed by atoms with Crippen LogP contribution < -0.4 is 5.56 Å². The lowest BCUT2D eigenvalue weighted by Crippen LogP contribution is -2.26. The fourth-order valence-corrected chi connectivity index (χ4v) is 2.59. The number of nitrogens with zero attached hydrogens (tertiary/aromatic N) is 5. The molecule has 3 heterocycles. The zero-order chi connectivity index (χ0) is 12.5. The molecule has 0 aliphatic heterocycles. The monoisotopic (exact) mass is 261 g/mol. The van der Waals surface area contributed by atoms with E-state index in [-0.39, 0.29) is 11.6 Å². The fraction of sp³-hybridized carbons (Fsp3) is 0.273. The molecular weight excluding hydrogens is 250 g/mol. The van der Waals surface area contributed by atoms with E-state index in [1.165, 1.54) is 17.7 Å². The van der Waals surface area contributed by atoms with E-state index in [0.29, 0.717) is 11.9 Å². The van der Waals surface area contributed by atoms with Crippen LogP contribution in [0.25, 0.3) is 10.2 Å². The maximum Gasteiger partial charge on any atom is 0.262 e. The van der Waals surface area contributed by atoms with Gasteiger partial charge in [-0.05, 0) is 18.4 Å². The molecule has 0 aliphatic carbocycles. The van der Waals surface area contributed by atoms with Crippen LogP contribution in [0.5, 0.6) is 0 Å². The van der Waals surface area contributed by atoms with Crippen LogP contribution in [0, 0.1) is 0 Å². The zero-order valence-electron chi connectivity index (χ0n) is 9.72. The summed E-state index contributed by atoms with van der Waals surface area (Å²) in [5.41, 5.74) is -0.00568. The van der Waals surface area contributed by atoms with E-state index in [9.17, 15) is 4.79 Å². The average molecular weight is 261 g/mol. The second-order valence-electron chi connectivity index (χ2n) is 4.06. The first-order valence-electron chi connectivity index (χ1n) is 5.52. The Labute approximate surface area is 107 Å². The van der Waals surface area contributed by atoms with E-state index in [0.717, 1.165) is 4.83 Å². The lowest BCUT2D eigenvalue weighted by molar-refractivity contribution is 0.425. The highest BCUT2D eigenvalue weighted by Gasteiger charge is 2.11. The minimum Gasteiger partial charge on any atom is -0.294 e. The molecule has 0 bridgehead atoms. The predicted molar refractivity (Wildman–Crippen MR) is 68.6 cm³/mol. The van der Waals surface area contributed by atoms with Crippen LogP contribution in [0.1, 0.15) is 13.0 Å². The van der Waals surface area contributed by atoms with Gasteiger partial charge in [0, 0.05) is 0 Å². The molecular formula is C11H11N5OS. The number of rotatable bonds is 3. The van der Waals surface area contributed by atoms with Crippen molar-refractivity contribution in [1.82, 2.24) is 24.3 Å². The molecule has 0 amide bonds. The summed E-state index contributed by atoms with van der Waals surface area (Å²) in [6, 6.07) is 1.80. The summed E-state index contributed by atoms with van der Waals surface area (Å²) in [4.78, 5) is 21.2. The van der Waals surface area contributed by atoms with Gasteiger partial charge in [-0.15, -0.1) is 11.3 Å². The molecule has 92 valence electrons. The fourth-order valence-electron chi connectivity index (χ4n) is 1.87. The summed E-state index contributed by atoms with van der Waals surface area (Å²) in [6.07, 6.45) is 4.72. The standard InChI is InChI=1S/C11H11N5OS/c1-8(4-15-6-12-5-14-15)16-7-13-10-9(11(16)17)2-3-18-10/h2-3,5-8H,4H2,1H3/t8-/m1/s1. The van der Waals surface area contributed by atoms with Gasteiger partial charge < -0.3 is 0 Å². The Kier molecular flexibility index (Phi) is 2.67. The van der Waals surface area contributed by atoms with Crippen LogP contribution in [0.15, 0.2) is 35.2 Å². The Balaban J connectivity index is 1.98. The highest BCUT2D eigenvalue weighted by atomic mass is 32.1. The first-order valence-corrected chi connectivity index (χ1v) is 6.40. The second-order valence-corrected chi connectivity index (χ2v) is 4.96. The molecule has 18 heavy (non-hydrogen) atoms. The molecule has 0 saturated carbocycles. The molecule has 0 radical (unpaired) electrons. The molecule has 6 nitrogen and oxygen atoms in total. The SMILES string of the molecule is C[C@H](Cn1cncn1)n1cnc2sccc2c1=O. The van der Waals surface area contributed by atoms with Crippen molar-refractivity contribution in [1.29, 1.82) is 0 Å². The van der Waals surface area contributed by atoms with Crippen LogP contribution >= 0.6 is 11.3 Å². The van der Waals surface area contributed by atoms with E-state index in [4.69, 9.17) is 0 Å². The van der Waals surface area contributed by atoms with Crippen LogP contribution in [-0.4, -0.2) is 24.3 Å². The molecule has 0 unspecified atom stereocenters. The number of fused-ring (bicyclic) bond motifs is 1. The highest BCUT2D eigenvalue weighted by Crippen LogP contribution is 2.15. The van der Waals surface area contributed by atoms with Gasteiger partial charge in [-0.2, -0.15) is 5.10 Å². The normalized spacial score (nSPS) is 12.9. The summed E-state index contributed by atoms with van der Waals surface area (Å²) in [5, 5.41) is 6.59. The van der Waals surface area contributed by atoms with Gasteiger partial charge in [-0.3, -0.25) is 14.0 Å². The maximum atomic E-state index is 12.2. The van der Waals surface area contributed by atoms with E-state index < -0.39 is 0 Å². The molecule has 0 saturated heterocycles. The van der Waals surface area contributed by atoms with E-state index in [1.54, 1.807) is 21.9 Å². The van der Waals surface area contributed by atoms with Crippen molar-refractivity contribution in [2.75, 3.05) is 0 Å². The summed E-state index contributed by atoms with van der Waals surface area (Å²) in [6.45, 7) is 2.56. The minimum atomic E-state index is -0.0176. The molecule has 0 aromatic carbocycles. The Bertz CT molecular complexity index is 714. The lowest BCUT2D eigenvalue weighted by Gasteiger charge is -2.14. The topological polar surface area (TPSA) is 65.6 Å². The molecule has 7 heteroatoms. The molecule has 1 atom stereocenters. The Morgan fingerprint density at radius 2 is 2.33 bits per heavy atom. The predicted octanol–water partition coefficient (Wildman–Crippen LogP) is 1.31. The largest absolute Gasteiger partial charge is 0.294 e. The van der Waals surface area contributed by atoms with E-state index >= 15 is 0 Å². The van der Waals surface area contributed by atoms with Gasteiger partial charge in [0.05, 0.1) is 24.3 Å². The van der Waals surface area contributed by atoms with Gasteiger partial charge >= 0.3 is 0 Å². The summed E-state index contributed by atoms with van der Waals surface area (Å²) in [5.74, 6) is 0. The highest BCUT2D eigenvalue weighted by molar-refractivity contribution is 7.16. The molecule has 0 aliphatic rings. The molecule has 3 rings (SSSR count). The smallest absolute Gasteiger partial charge is 0.262 e. The quantitative estimate of drug-likeness (QED) is 0.713. The van der Waals surface area contributed by atoms with Crippen molar-refractivity contribution in [2.24, 2.45) is 0 Å². The summed E-state index contributed by atoms with van der Waals surface area (Å²) in [7, 11) is 0. The first kappa shape index (κ1) is 11.1. The maximum absolute atomic E-state index is 12.2. The molecule has 0 N–H and O–H groups in total. The number of hydrogen-bond acceptors (Lipinski definition) is 5. The van der Waals surface area contributed by atoms with Gasteiger partial charge in [0.1, 0.15) is 17.5 Å².